The Hall–Kier alpha value is -7.50. The van der Waals surface area contributed by atoms with Gasteiger partial charge in [-0.15, -0.1) is 0 Å². The van der Waals surface area contributed by atoms with Gasteiger partial charge >= 0.3 is 0 Å². The van der Waals surface area contributed by atoms with Gasteiger partial charge in [0, 0.05) is 45.2 Å². The van der Waals surface area contributed by atoms with Crippen molar-refractivity contribution in [3.8, 4) is 11.1 Å². The molecule has 0 aromatic heterocycles. The molecule has 0 fully saturated rings. The van der Waals surface area contributed by atoms with Gasteiger partial charge in [-0.1, -0.05) is 184 Å². The van der Waals surface area contributed by atoms with Crippen molar-refractivity contribution in [1.29, 1.82) is 10.8 Å². The Balaban J connectivity index is 1.07. The van der Waals surface area contributed by atoms with Gasteiger partial charge in [0.05, 0.1) is 11.4 Å². The second-order valence-electron chi connectivity index (χ2n) is 15.1. The summed E-state index contributed by atoms with van der Waals surface area (Å²) in [5.74, 6) is 0.562. The number of rotatable bonds is 7. The highest BCUT2D eigenvalue weighted by molar-refractivity contribution is 6.36. The zero-order valence-electron chi connectivity index (χ0n) is 32.4. The minimum atomic E-state index is -0.118. The van der Waals surface area contributed by atoms with E-state index in [2.05, 4.69) is 92.0 Å². The van der Waals surface area contributed by atoms with Crippen LogP contribution in [0.3, 0.4) is 0 Å². The fourth-order valence-corrected chi connectivity index (χ4v) is 8.06. The van der Waals surface area contributed by atoms with Gasteiger partial charge in [-0.25, -0.2) is 9.98 Å². The van der Waals surface area contributed by atoms with Gasteiger partial charge in [0.2, 0.25) is 0 Å². The summed E-state index contributed by atoms with van der Waals surface area (Å²) in [4.78, 5) is 9.78. The Morgan fingerprint density at radius 3 is 1.90 bits per heavy atom. The van der Waals surface area contributed by atoms with Crippen molar-refractivity contribution in [2.45, 2.75) is 19.3 Å². The largest absolute Gasteiger partial charge is 0.354 e. The van der Waals surface area contributed by atoms with Gasteiger partial charge in [-0.2, -0.15) is 0 Å². The number of allylic oxidation sites excluding steroid dienone is 1. The predicted molar refractivity (Wildman–Crippen MR) is 242 cm³/mol. The van der Waals surface area contributed by atoms with Crippen molar-refractivity contribution >= 4 is 46.6 Å². The quantitative estimate of drug-likeness (QED) is 0.110. The minimum absolute atomic E-state index is 0.104. The third kappa shape index (κ3) is 6.84. The molecule has 1 aliphatic carbocycles. The van der Waals surface area contributed by atoms with Crippen LogP contribution in [0.25, 0.3) is 34.2 Å². The second kappa shape index (κ2) is 15.2. The molecule has 1 heterocycles. The van der Waals surface area contributed by atoms with Crippen LogP contribution in [-0.4, -0.2) is 23.6 Å². The molecule has 0 radical (unpaired) electrons. The summed E-state index contributed by atoms with van der Waals surface area (Å²) in [6.45, 7) is 4.55. The Morgan fingerprint density at radius 1 is 0.552 bits per heavy atom. The number of aliphatic imine (C=N–C) groups is 2. The average Bonchev–Trinajstić information content (AvgIpc) is 3.51. The Labute approximate surface area is 339 Å². The highest BCUT2D eigenvalue weighted by Crippen LogP contribution is 2.48. The maximum atomic E-state index is 9.49. The van der Waals surface area contributed by atoms with E-state index in [0.29, 0.717) is 17.1 Å². The van der Waals surface area contributed by atoms with Crippen LogP contribution in [0.1, 0.15) is 69.5 Å². The molecule has 0 unspecified atom stereocenters. The topological polar surface area (TPSA) is 84.5 Å². The predicted octanol–water partition coefficient (Wildman–Crippen LogP) is 11.9. The highest BCUT2D eigenvalue weighted by atomic mass is 15.0. The number of hydrogen-bond acceptors (Lipinski definition) is 3. The van der Waals surface area contributed by atoms with E-state index in [0.717, 1.165) is 55.9 Å². The van der Waals surface area contributed by atoms with Crippen molar-refractivity contribution in [3.63, 3.8) is 0 Å². The number of amidine groups is 2. The molecule has 5 nitrogen and oxygen atoms in total. The molecule has 7 aromatic carbocycles. The third-order valence-corrected chi connectivity index (χ3v) is 11.1. The van der Waals surface area contributed by atoms with Crippen LogP contribution in [-0.2, 0) is 5.41 Å². The zero-order chi connectivity index (χ0) is 39.6. The van der Waals surface area contributed by atoms with Crippen LogP contribution >= 0.6 is 0 Å². The van der Waals surface area contributed by atoms with E-state index in [-0.39, 0.29) is 11.3 Å². The first-order chi connectivity index (χ1) is 28.3. The standard InChI is InChI=1S/C53H41N5/c1-53(2)45-28-15-14-27-43(45)44-30-29-35(31-46(44)53)34-56-52(38-21-10-5-11-22-38)58-51(55)41-25-16-24-40(32-41)47-33-39-23-12-13-26-42(39)50(57-47)48(36-17-6-3-7-18-36)49(54)37-19-8-4-9-20-37/h3-34,54-55,57H,1-2H3/b50-48-,54-49?,55-51?,56-34?,58-52?. The molecule has 0 saturated heterocycles. The Bertz CT molecular complexity index is 2840. The first kappa shape index (κ1) is 36.2. The molecule has 0 amide bonds. The SMILES string of the molecule is CC1(C)c2ccccc2-c2ccc(C=NC(=NC(=N)c3cccc(C4=Cc5ccccc5/C(=C(/C(=N)c5ccccc5)c5ccccc5)N4)c3)c3ccccc3)cc21. The molecule has 0 saturated carbocycles. The maximum Gasteiger partial charge on any atom is 0.161 e. The Kier molecular flexibility index (Phi) is 9.48. The van der Waals surface area contributed by atoms with Crippen molar-refractivity contribution in [1.82, 2.24) is 5.32 Å². The first-order valence-corrected chi connectivity index (χ1v) is 19.5. The van der Waals surface area contributed by atoms with E-state index < -0.39 is 0 Å². The lowest BCUT2D eigenvalue weighted by Crippen LogP contribution is -2.20. The van der Waals surface area contributed by atoms with Crippen molar-refractivity contribution in [2.75, 3.05) is 0 Å². The lowest BCUT2D eigenvalue weighted by molar-refractivity contribution is 0.660. The molecular formula is C53H41N5. The molecular weight excluding hydrogens is 707 g/mol. The summed E-state index contributed by atoms with van der Waals surface area (Å²) >= 11 is 0. The summed E-state index contributed by atoms with van der Waals surface area (Å²) in [6, 6.07) is 61.2. The molecule has 2 aliphatic rings. The molecule has 3 N–H and O–H groups in total. The van der Waals surface area contributed by atoms with E-state index in [1.165, 1.54) is 22.3 Å². The van der Waals surface area contributed by atoms with E-state index in [4.69, 9.17) is 9.98 Å². The maximum absolute atomic E-state index is 9.49. The van der Waals surface area contributed by atoms with Crippen molar-refractivity contribution in [3.05, 3.63) is 238 Å². The molecule has 7 aromatic rings. The monoisotopic (exact) mass is 747 g/mol. The van der Waals surface area contributed by atoms with Gasteiger partial charge in [0.1, 0.15) is 0 Å². The molecule has 278 valence electrons. The summed E-state index contributed by atoms with van der Waals surface area (Å²) in [5.41, 5.74) is 15.2. The lowest BCUT2D eigenvalue weighted by atomic mass is 9.82. The van der Waals surface area contributed by atoms with Gasteiger partial charge in [-0.05, 0) is 62.7 Å². The van der Waals surface area contributed by atoms with Crippen LogP contribution in [0.5, 0.6) is 0 Å². The van der Waals surface area contributed by atoms with E-state index >= 15 is 0 Å². The number of benzene rings is 7. The number of hydrogen-bond donors (Lipinski definition) is 3. The Morgan fingerprint density at radius 2 is 1.16 bits per heavy atom. The minimum Gasteiger partial charge on any atom is -0.354 e. The van der Waals surface area contributed by atoms with E-state index in [1.807, 2.05) is 121 Å². The number of nitrogens with zero attached hydrogens (tertiary/aromatic N) is 2. The summed E-state index contributed by atoms with van der Waals surface area (Å²) in [6.07, 6.45) is 3.99. The normalized spacial score (nSPS) is 14.8. The highest BCUT2D eigenvalue weighted by Gasteiger charge is 2.35. The summed E-state index contributed by atoms with van der Waals surface area (Å²) in [5, 5.41) is 22.5. The van der Waals surface area contributed by atoms with E-state index in [9.17, 15) is 10.8 Å². The van der Waals surface area contributed by atoms with Crippen molar-refractivity contribution < 1.29 is 0 Å². The van der Waals surface area contributed by atoms with Gasteiger partial charge in [-0.3, -0.25) is 10.8 Å². The third-order valence-electron chi connectivity index (χ3n) is 11.1. The van der Waals surface area contributed by atoms with Crippen molar-refractivity contribution in [2.24, 2.45) is 9.98 Å². The number of nitrogens with one attached hydrogen (secondary N) is 3. The molecule has 9 rings (SSSR count). The summed E-state index contributed by atoms with van der Waals surface area (Å²) < 4.78 is 0. The van der Waals surface area contributed by atoms with Crippen LogP contribution in [0.2, 0.25) is 0 Å². The molecule has 0 atom stereocenters. The molecule has 0 bridgehead atoms. The zero-order valence-corrected chi connectivity index (χ0v) is 32.4. The summed E-state index contributed by atoms with van der Waals surface area (Å²) in [7, 11) is 0. The number of fused-ring (bicyclic) bond motifs is 4. The smallest absolute Gasteiger partial charge is 0.161 e. The van der Waals surface area contributed by atoms with Gasteiger partial charge in [0.25, 0.3) is 0 Å². The molecule has 0 spiro atoms. The molecule has 58 heavy (non-hydrogen) atoms. The fraction of sp³-hybridized carbons (Fsp3) is 0.0566. The van der Waals surface area contributed by atoms with Crippen LogP contribution in [0, 0.1) is 10.8 Å². The van der Waals surface area contributed by atoms with Crippen LogP contribution in [0.4, 0.5) is 0 Å². The molecule has 1 aliphatic heterocycles. The van der Waals surface area contributed by atoms with E-state index in [1.54, 1.807) is 0 Å². The lowest BCUT2D eigenvalue weighted by Gasteiger charge is -2.26. The second-order valence-corrected chi connectivity index (χ2v) is 15.1. The van der Waals surface area contributed by atoms with Gasteiger partial charge < -0.3 is 5.32 Å². The van der Waals surface area contributed by atoms with Crippen LogP contribution in [0.15, 0.2) is 192 Å². The average molecular weight is 748 g/mol. The van der Waals surface area contributed by atoms with Crippen LogP contribution < -0.4 is 5.32 Å². The fourth-order valence-electron chi connectivity index (χ4n) is 8.06. The molecule has 5 heteroatoms. The first-order valence-electron chi connectivity index (χ1n) is 19.5. The van der Waals surface area contributed by atoms with Gasteiger partial charge in [0.15, 0.2) is 11.7 Å².